The van der Waals surface area contributed by atoms with Crippen LogP contribution in [0.25, 0.3) is 0 Å². The van der Waals surface area contributed by atoms with Crippen molar-refractivity contribution < 1.29 is 20.4 Å². The molecule has 1 rings (SSSR count). The first-order valence-electron chi connectivity index (χ1n) is 3.98. The van der Waals surface area contributed by atoms with E-state index in [0.29, 0.717) is 6.42 Å². The van der Waals surface area contributed by atoms with Gasteiger partial charge in [0, 0.05) is 18.6 Å². The van der Waals surface area contributed by atoms with E-state index in [9.17, 15) is 15.3 Å². The Kier molecular flexibility index (Phi) is 3.03. The van der Waals surface area contributed by atoms with E-state index in [4.69, 9.17) is 10.8 Å². The minimum absolute atomic E-state index is 0.224. The lowest BCUT2D eigenvalue weighted by molar-refractivity contribution is -0.125. The summed E-state index contributed by atoms with van der Waals surface area (Å²) in [5.74, 6) is -0.432. The van der Waals surface area contributed by atoms with Crippen LogP contribution in [0.3, 0.4) is 0 Å². The number of hydrogen-bond donors (Lipinski definition) is 5. The maximum atomic E-state index is 9.30. The van der Waals surface area contributed by atoms with Crippen molar-refractivity contribution in [3.63, 3.8) is 0 Å². The van der Waals surface area contributed by atoms with Crippen LogP contribution in [-0.4, -0.2) is 51.4 Å². The zero-order valence-electron chi connectivity index (χ0n) is 6.67. The lowest BCUT2D eigenvalue weighted by Crippen LogP contribution is -2.57. The lowest BCUT2D eigenvalue weighted by Gasteiger charge is -2.38. The standard InChI is InChI=1S/C7H15NO4/c8-4-1-3(2-9)5(10)7(12)6(4)11/h3-7,9-12H,1-2,8H2/t3?,4-,5+,6-,7-/m0/s1. The summed E-state index contributed by atoms with van der Waals surface area (Å²) in [7, 11) is 0. The van der Waals surface area contributed by atoms with E-state index in [-0.39, 0.29) is 6.61 Å². The maximum absolute atomic E-state index is 9.30. The van der Waals surface area contributed by atoms with Crippen molar-refractivity contribution in [2.45, 2.75) is 30.8 Å². The van der Waals surface area contributed by atoms with Gasteiger partial charge < -0.3 is 26.2 Å². The fourth-order valence-electron chi connectivity index (χ4n) is 1.55. The fraction of sp³-hybridized carbons (Fsp3) is 1.00. The molecule has 5 atom stereocenters. The highest BCUT2D eigenvalue weighted by Crippen LogP contribution is 2.24. The lowest BCUT2D eigenvalue weighted by atomic mass is 9.80. The van der Waals surface area contributed by atoms with Crippen LogP contribution >= 0.6 is 0 Å². The molecule has 5 nitrogen and oxygen atoms in total. The monoisotopic (exact) mass is 177 g/mol. The van der Waals surface area contributed by atoms with Gasteiger partial charge in [0.15, 0.2) is 0 Å². The quantitative estimate of drug-likeness (QED) is 0.302. The molecule has 1 aliphatic carbocycles. The first kappa shape index (κ1) is 9.88. The van der Waals surface area contributed by atoms with E-state index in [1.165, 1.54) is 0 Å². The van der Waals surface area contributed by atoms with Crippen molar-refractivity contribution in [1.29, 1.82) is 0 Å². The molecule has 0 saturated heterocycles. The molecule has 0 radical (unpaired) electrons. The summed E-state index contributed by atoms with van der Waals surface area (Å²) in [6.07, 6.45) is -3.09. The van der Waals surface area contributed by atoms with Crippen LogP contribution in [0, 0.1) is 5.92 Å². The third kappa shape index (κ3) is 1.60. The molecular formula is C7H15NO4. The molecule has 1 fully saturated rings. The second kappa shape index (κ2) is 3.68. The second-order valence-electron chi connectivity index (χ2n) is 3.31. The number of nitrogens with two attached hydrogens (primary N) is 1. The molecule has 1 unspecified atom stereocenters. The zero-order chi connectivity index (χ0) is 9.30. The number of aliphatic hydroxyl groups excluding tert-OH is 4. The molecule has 0 spiro atoms. The van der Waals surface area contributed by atoms with E-state index in [0.717, 1.165) is 0 Å². The summed E-state index contributed by atoms with van der Waals surface area (Å²) in [6.45, 7) is -0.224. The predicted molar refractivity (Wildman–Crippen MR) is 41.2 cm³/mol. The smallest absolute Gasteiger partial charge is 0.108 e. The van der Waals surface area contributed by atoms with Gasteiger partial charge >= 0.3 is 0 Å². The molecule has 5 heteroatoms. The van der Waals surface area contributed by atoms with Gasteiger partial charge in [0.2, 0.25) is 0 Å². The highest BCUT2D eigenvalue weighted by Gasteiger charge is 2.40. The van der Waals surface area contributed by atoms with Crippen molar-refractivity contribution >= 4 is 0 Å². The largest absolute Gasteiger partial charge is 0.396 e. The zero-order valence-corrected chi connectivity index (χ0v) is 6.67. The normalized spacial score (nSPS) is 49.2. The molecule has 0 aromatic heterocycles. The predicted octanol–water partition coefficient (Wildman–Crippen LogP) is -2.59. The molecule has 12 heavy (non-hydrogen) atoms. The van der Waals surface area contributed by atoms with Crippen LogP contribution in [0.4, 0.5) is 0 Å². The Labute approximate surface area is 70.4 Å². The molecule has 1 saturated carbocycles. The van der Waals surface area contributed by atoms with E-state index in [2.05, 4.69) is 0 Å². The summed E-state index contributed by atoms with van der Waals surface area (Å²) >= 11 is 0. The Balaban J connectivity index is 2.63. The minimum Gasteiger partial charge on any atom is -0.396 e. The Hall–Kier alpha value is -0.200. The number of aliphatic hydroxyl groups is 4. The summed E-state index contributed by atoms with van der Waals surface area (Å²) < 4.78 is 0. The van der Waals surface area contributed by atoms with Crippen molar-refractivity contribution in [2.24, 2.45) is 11.7 Å². The van der Waals surface area contributed by atoms with E-state index in [1.54, 1.807) is 0 Å². The van der Waals surface area contributed by atoms with E-state index < -0.39 is 30.3 Å². The third-order valence-corrected chi connectivity index (χ3v) is 2.43. The van der Waals surface area contributed by atoms with Gasteiger partial charge in [-0.05, 0) is 6.42 Å². The Bertz CT molecular complexity index is 150. The van der Waals surface area contributed by atoms with E-state index >= 15 is 0 Å². The summed E-state index contributed by atoms with van der Waals surface area (Å²) in [5.41, 5.74) is 5.46. The Morgan fingerprint density at radius 3 is 2.17 bits per heavy atom. The van der Waals surface area contributed by atoms with Crippen molar-refractivity contribution in [3.8, 4) is 0 Å². The van der Waals surface area contributed by atoms with Gasteiger partial charge in [-0.25, -0.2) is 0 Å². The minimum atomic E-state index is -1.24. The molecule has 72 valence electrons. The van der Waals surface area contributed by atoms with Crippen LogP contribution < -0.4 is 5.73 Å². The van der Waals surface area contributed by atoms with Crippen molar-refractivity contribution in [2.75, 3.05) is 6.61 Å². The van der Waals surface area contributed by atoms with Crippen molar-refractivity contribution in [3.05, 3.63) is 0 Å². The highest BCUT2D eigenvalue weighted by atomic mass is 16.4. The number of hydrogen-bond acceptors (Lipinski definition) is 5. The van der Waals surface area contributed by atoms with Gasteiger partial charge in [0.25, 0.3) is 0 Å². The molecule has 6 N–H and O–H groups in total. The molecule has 0 bridgehead atoms. The SMILES string of the molecule is N[C@H]1CC(CO)[C@@H](O)[C@H](O)[C@H]1O. The molecular weight excluding hydrogens is 162 g/mol. The first-order chi connectivity index (χ1) is 5.57. The topological polar surface area (TPSA) is 107 Å². The molecule has 0 heterocycles. The maximum Gasteiger partial charge on any atom is 0.108 e. The summed E-state index contributed by atoms with van der Waals surface area (Å²) in [4.78, 5) is 0. The van der Waals surface area contributed by atoms with Crippen LogP contribution in [0.5, 0.6) is 0 Å². The van der Waals surface area contributed by atoms with Gasteiger partial charge in [0.05, 0.1) is 12.2 Å². The van der Waals surface area contributed by atoms with Gasteiger partial charge in [-0.2, -0.15) is 0 Å². The van der Waals surface area contributed by atoms with Gasteiger partial charge in [-0.15, -0.1) is 0 Å². The van der Waals surface area contributed by atoms with Gasteiger partial charge in [-0.1, -0.05) is 0 Å². The third-order valence-electron chi connectivity index (χ3n) is 2.43. The van der Waals surface area contributed by atoms with Crippen LogP contribution in [0.1, 0.15) is 6.42 Å². The highest BCUT2D eigenvalue weighted by molar-refractivity contribution is 4.94. The second-order valence-corrected chi connectivity index (χ2v) is 3.31. The Morgan fingerprint density at radius 2 is 1.67 bits per heavy atom. The first-order valence-corrected chi connectivity index (χ1v) is 3.98. The fourth-order valence-corrected chi connectivity index (χ4v) is 1.55. The van der Waals surface area contributed by atoms with E-state index in [1.807, 2.05) is 0 Å². The molecule has 1 aliphatic rings. The Morgan fingerprint density at radius 1 is 1.08 bits per heavy atom. The van der Waals surface area contributed by atoms with Crippen LogP contribution in [0.15, 0.2) is 0 Å². The average Bonchev–Trinajstić information content (AvgIpc) is 2.08. The van der Waals surface area contributed by atoms with Gasteiger partial charge in [0.1, 0.15) is 6.10 Å². The molecule has 0 aromatic rings. The molecule has 0 aromatic carbocycles. The number of rotatable bonds is 1. The average molecular weight is 177 g/mol. The van der Waals surface area contributed by atoms with Crippen LogP contribution in [0.2, 0.25) is 0 Å². The van der Waals surface area contributed by atoms with Crippen molar-refractivity contribution in [1.82, 2.24) is 0 Å². The molecule has 0 amide bonds. The van der Waals surface area contributed by atoms with Gasteiger partial charge in [-0.3, -0.25) is 0 Å². The summed E-state index contributed by atoms with van der Waals surface area (Å²) in [6, 6.07) is -0.569. The van der Waals surface area contributed by atoms with Crippen LogP contribution in [-0.2, 0) is 0 Å². The summed E-state index contributed by atoms with van der Waals surface area (Å²) in [5, 5.41) is 36.5. The molecule has 0 aliphatic heterocycles.